The number of nitrogens with zero attached hydrogens (tertiary/aromatic N) is 3. The van der Waals surface area contributed by atoms with Crippen molar-refractivity contribution in [1.29, 1.82) is 0 Å². The van der Waals surface area contributed by atoms with E-state index in [9.17, 15) is 0 Å². The smallest absolute Gasteiger partial charge is 0.181 e. The second-order valence-corrected chi connectivity index (χ2v) is 5.79. The van der Waals surface area contributed by atoms with Crippen LogP contribution < -0.4 is 5.73 Å². The Balaban J connectivity index is 1.84. The molecule has 0 aliphatic rings. The Labute approximate surface area is 122 Å². The van der Waals surface area contributed by atoms with Gasteiger partial charge in [-0.3, -0.25) is 0 Å². The predicted molar refractivity (Wildman–Crippen MR) is 79.8 cm³/mol. The zero-order valence-corrected chi connectivity index (χ0v) is 12.2. The molecule has 19 heavy (non-hydrogen) atoms. The number of hydrogen-bond acceptors (Lipinski definition) is 5. The first-order chi connectivity index (χ1) is 9.24. The highest BCUT2D eigenvalue weighted by Gasteiger charge is 2.08. The molecule has 0 atom stereocenters. The Kier molecular flexibility index (Phi) is 3.39. The predicted octanol–water partition coefficient (Wildman–Crippen LogP) is 2.99. The van der Waals surface area contributed by atoms with E-state index >= 15 is 0 Å². The van der Waals surface area contributed by atoms with Crippen molar-refractivity contribution in [3.05, 3.63) is 40.9 Å². The first-order valence-electron chi connectivity index (χ1n) is 5.55. The van der Waals surface area contributed by atoms with Gasteiger partial charge >= 0.3 is 0 Å². The summed E-state index contributed by atoms with van der Waals surface area (Å²) in [4.78, 5) is 15.5. The lowest BCUT2D eigenvalue weighted by atomic mass is 10.2. The first kappa shape index (κ1) is 12.4. The normalized spacial score (nSPS) is 11.0. The number of rotatable bonds is 3. The van der Waals surface area contributed by atoms with Gasteiger partial charge in [0.2, 0.25) is 0 Å². The van der Waals surface area contributed by atoms with E-state index in [-0.39, 0.29) is 0 Å². The van der Waals surface area contributed by atoms with Crippen LogP contribution >= 0.6 is 27.7 Å². The van der Waals surface area contributed by atoms with Gasteiger partial charge in [-0.1, -0.05) is 33.8 Å². The van der Waals surface area contributed by atoms with Crippen molar-refractivity contribution in [2.45, 2.75) is 10.8 Å². The molecule has 0 radical (unpaired) electrons. The third-order valence-corrected chi connectivity index (χ3v) is 4.19. The van der Waals surface area contributed by atoms with E-state index in [4.69, 9.17) is 5.73 Å². The summed E-state index contributed by atoms with van der Waals surface area (Å²) in [5.74, 6) is 0.754. The molecule has 3 N–H and O–H groups in total. The minimum atomic E-state index is 0.682. The van der Waals surface area contributed by atoms with Gasteiger partial charge in [-0.2, -0.15) is 0 Å². The first-order valence-corrected chi connectivity index (χ1v) is 7.32. The van der Waals surface area contributed by atoms with Gasteiger partial charge in [0.15, 0.2) is 5.65 Å². The molecule has 0 unspecified atom stereocenters. The second-order valence-electron chi connectivity index (χ2n) is 3.91. The third kappa shape index (κ3) is 2.57. The van der Waals surface area contributed by atoms with E-state index < -0.39 is 0 Å². The van der Waals surface area contributed by atoms with E-state index in [0.717, 1.165) is 32.0 Å². The number of nitrogen functional groups attached to an aromatic ring is 1. The van der Waals surface area contributed by atoms with E-state index in [0.29, 0.717) is 5.65 Å². The number of anilines is 1. The Hall–Kier alpha value is -1.60. The quantitative estimate of drug-likeness (QED) is 0.437. The number of nitrogens with two attached hydrogens (primary N) is 1. The molecule has 0 aliphatic heterocycles. The molecule has 0 saturated carbocycles. The minimum absolute atomic E-state index is 0.682. The maximum Gasteiger partial charge on any atom is 0.181 e. The summed E-state index contributed by atoms with van der Waals surface area (Å²) < 4.78 is 0.983. The van der Waals surface area contributed by atoms with Crippen molar-refractivity contribution < 1.29 is 0 Å². The Morgan fingerprint density at radius 3 is 3.00 bits per heavy atom. The number of imidazole rings is 1. The minimum Gasteiger partial charge on any atom is -0.398 e. The van der Waals surface area contributed by atoms with Crippen molar-refractivity contribution in [1.82, 2.24) is 19.9 Å². The largest absolute Gasteiger partial charge is 0.398 e. The zero-order valence-electron chi connectivity index (χ0n) is 9.80. The summed E-state index contributed by atoms with van der Waals surface area (Å²) in [5.41, 5.74) is 9.39. The molecule has 2 heterocycles. The summed E-state index contributed by atoms with van der Waals surface area (Å²) in [5, 5.41) is 0.879. The molecule has 0 aliphatic carbocycles. The molecule has 96 valence electrons. The fourth-order valence-corrected chi connectivity index (χ4v) is 3.05. The highest BCUT2D eigenvalue weighted by atomic mass is 79.9. The van der Waals surface area contributed by atoms with Crippen LogP contribution in [0.25, 0.3) is 11.2 Å². The number of fused-ring (bicyclic) bond motifs is 1. The molecule has 5 nitrogen and oxygen atoms in total. The lowest BCUT2D eigenvalue weighted by Crippen LogP contribution is -1.93. The van der Waals surface area contributed by atoms with E-state index in [2.05, 4.69) is 35.9 Å². The van der Waals surface area contributed by atoms with Crippen LogP contribution in [0.15, 0.2) is 40.4 Å². The number of thioether (sulfide) groups is 1. The maximum atomic E-state index is 5.98. The van der Waals surface area contributed by atoms with Crippen LogP contribution in [-0.2, 0) is 5.75 Å². The molecular weight excluding hydrogens is 326 g/mol. The monoisotopic (exact) mass is 335 g/mol. The number of aromatic nitrogens is 4. The summed E-state index contributed by atoms with van der Waals surface area (Å²) in [7, 11) is 0. The molecule has 3 rings (SSSR count). The standard InChI is InChI=1S/C12H10BrN5S/c13-8-2-1-7(9(14)3-8)4-19-12-10-11(16-5-15-10)17-6-18-12/h1-3,5-6H,4,14H2,(H,15,16,17,18). The molecule has 0 saturated heterocycles. The number of halogens is 1. The Bertz CT molecular complexity index is 727. The van der Waals surface area contributed by atoms with Gasteiger partial charge in [-0.05, 0) is 17.7 Å². The molecule has 0 amide bonds. The van der Waals surface area contributed by atoms with Crippen molar-refractivity contribution in [2.75, 3.05) is 5.73 Å². The molecular formula is C12H10BrN5S. The van der Waals surface area contributed by atoms with Gasteiger partial charge in [-0.25, -0.2) is 15.0 Å². The van der Waals surface area contributed by atoms with Crippen molar-refractivity contribution >= 4 is 44.5 Å². The number of benzene rings is 1. The molecule has 1 aromatic carbocycles. The SMILES string of the molecule is Nc1cc(Br)ccc1CSc1ncnc2nc[nH]c12. The lowest BCUT2D eigenvalue weighted by Gasteiger charge is -2.05. The summed E-state index contributed by atoms with van der Waals surface area (Å²) in [6.07, 6.45) is 3.15. The van der Waals surface area contributed by atoms with Crippen LogP contribution in [-0.4, -0.2) is 19.9 Å². The van der Waals surface area contributed by atoms with E-state index in [1.807, 2.05) is 18.2 Å². The maximum absolute atomic E-state index is 5.98. The average Bonchev–Trinajstić information content (AvgIpc) is 2.86. The van der Waals surface area contributed by atoms with Crippen LogP contribution in [0.4, 0.5) is 5.69 Å². The van der Waals surface area contributed by atoms with Gasteiger partial charge in [0.25, 0.3) is 0 Å². The Morgan fingerprint density at radius 1 is 1.26 bits per heavy atom. The van der Waals surface area contributed by atoms with Gasteiger partial charge in [-0.15, -0.1) is 0 Å². The lowest BCUT2D eigenvalue weighted by molar-refractivity contribution is 1.08. The fraction of sp³-hybridized carbons (Fsp3) is 0.0833. The zero-order chi connectivity index (χ0) is 13.2. The molecule has 0 spiro atoms. The van der Waals surface area contributed by atoms with Gasteiger partial charge in [0.05, 0.1) is 6.33 Å². The number of aromatic amines is 1. The van der Waals surface area contributed by atoms with Gasteiger partial charge in [0.1, 0.15) is 16.9 Å². The second kappa shape index (κ2) is 5.18. The van der Waals surface area contributed by atoms with Gasteiger partial charge < -0.3 is 10.7 Å². The van der Waals surface area contributed by atoms with E-state index in [1.165, 1.54) is 6.33 Å². The summed E-state index contributed by atoms with van der Waals surface area (Å²) >= 11 is 5.01. The Morgan fingerprint density at radius 2 is 2.16 bits per heavy atom. The van der Waals surface area contributed by atoms with Crippen LogP contribution in [0.2, 0.25) is 0 Å². The molecule has 0 bridgehead atoms. The fourth-order valence-electron chi connectivity index (χ4n) is 1.70. The number of H-pyrrole nitrogens is 1. The third-order valence-electron chi connectivity index (χ3n) is 2.66. The topological polar surface area (TPSA) is 80.5 Å². The molecule has 0 fully saturated rings. The molecule has 3 aromatic rings. The van der Waals surface area contributed by atoms with Crippen molar-refractivity contribution in [3.8, 4) is 0 Å². The van der Waals surface area contributed by atoms with Crippen LogP contribution in [0.5, 0.6) is 0 Å². The van der Waals surface area contributed by atoms with Crippen molar-refractivity contribution in [3.63, 3.8) is 0 Å². The highest BCUT2D eigenvalue weighted by Crippen LogP contribution is 2.28. The highest BCUT2D eigenvalue weighted by molar-refractivity contribution is 9.10. The van der Waals surface area contributed by atoms with Crippen LogP contribution in [0, 0.1) is 0 Å². The summed E-state index contributed by atoms with van der Waals surface area (Å²) in [6, 6.07) is 5.90. The van der Waals surface area contributed by atoms with E-state index in [1.54, 1.807) is 18.1 Å². The van der Waals surface area contributed by atoms with Crippen molar-refractivity contribution in [2.24, 2.45) is 0 Å². The van der Waals surface area contributed by atoms with Crippen LogP contribution in [0.1, 0.15) is 5.56 Å². The average molecular weight is 336 g/mol. The number of hydrogen-bond donors (Lipinski definition) is 2. The number of nitrogens with one attached hydrogen (secondary N) is 1. The summed E-state index contributed by atoms with van der Waals surface area (Å²) in [6.45, 7) is 0. The van der Waals surface area contributed by atoms with Gasteiger partial charge in [0, 0.05) is 15.9 Å². The molecule has 2 aromatic heterocycles. The van der Waals surface area contributed by atoms with Crippen LogP contribution in [0.3, 0.4) is 0 Å². The molecule has 7 heteroatoms.